The Bertz CT molecular complexity index is 573. The predicted molar refractivity (Wildman–Crippen MR) is 88.8 cm³/mol. The SMILES string of the molecule is CC[C@H]1C[C@@H](O)CC2(CCN(Cc3ccccc3C#N)CC2)O1. The molecule has 3 rings (SSSR count). The van der Waals surface area contributed by atoms with Crippen molar-refractivity contribution >= 4 is 0 Å². The second-order valence-electron chi connectivity index (χ2n) is 6.97. The molecule has 1 aromatic carbocycles. The average Bonchev–Trinajstić information content (AvgIpc) is 2.57. The van der Waals surface area contributed by atoms with Crippen LogP contribution in [0.25, 0.3) is 0 Å². The van der Waals surface area contributed by atoms with Gasteiger partial charge >= 0.3 is 0 Å². The summed E-state index contributed by atoms with van der Waals surface area (Å²) in [4.78, 5) is 2.40. The molecule has 0 aliphatic carbocycles. The molecule has 1 aromatic rings. The zero-order chi connectivity index (χ0) is 16.3. The molecule has 2 fully saturated rings. The van der Waals surface area contributed by atoms with Crippen LogP contribution in [0.5, 0.6) is 0 Å². The topological polar surface area (TPSA) is 56.5 Å². The molecular formula is C19H26N2O2. The molecule has 23 heavy (non-hydrogen) atoms. The summed E-state index contributed by atoms with van der Waals surface area (Å²) in [6.45, 7) is 4.87. The summed E-state index contributed by atoms with van der Waals surface area (Å²) in [5.41, 5.74) is 1.73. The fourth-order valence-electron chi connectivity index (χ4n) is 3.96. The number of hydrogen-bond donors (Lipinski definition) is 1. The van der Waals surface area contributed by atoms with E-state index in [0.717, 1.165) is 62.9 Å². The Morgan fingerprint density at radius 1 is 1.35 bits per heavy atom. The van der Waals surface area contributed by atoms with Gasteiger partial charge in [0.15, 0.2) is 0 Å². The summed E-state index contributed by atoms with van der Waals surface area (Å²) >= 11 is 0. The Morgan fingerprint density at radius 3 is 2.78 bits per heavy atom. The van der Waals surface area contributed by atoms with Crippen LogP contribution in [0.3, 0.4) is 0 Å². The highest BCUT2D eigenvalue weighted by Crippen LogP contribution is 2.38. The number of ether oxygens (including phenoxy) is 1. The molecule has 124 valence electrons. The van der Waals surface area contributed by atoms with E-state index in [9.17, 15) is 10.4 Å². The van der Waals surface area contributed by atoms with Crippen molar-refractivity contribution in [1.29, 1.82) is 5.26 Å². The highest BCUT2D eigenvalue weighted by molar-refractivity contribution is 5.37. The maximum atomic E-state index is 10.2. The van der Waals surface area contributed by atoms with Gasteiger partial charge in [0.2, 0.25) is 0 Å². The minimum absolute atomic E-state index is 0.135. The van der Waals surface area contributed by atoms with E-state index in [1.54, 1.807) is 0 Å². The lowest BCUT2D eigenvalue weighted by atomic mass is 9.81. The minimum Gasteiger partial charge on any atom is -0.393 e. The molecule has 2 atom stereocenters. The summed E-state index contributed by atoms with van der Waals surface area (Å²) in [5.74, 6) is 0. The van der Waals surface area contributed by atoms with E-state index in [1.165, 1.54) is 0 Å². The van der Waals surface area contributed by atoms with Gasteiger partial charge in [-0.3, -0.25) is 4.90 Å². The van der Waals surface area contributed by atoms with Crippen LogP contribution < -0.4 is 0 Å². The quantitative estimate of drug-likeness (QED) is 0.932. The first-order valence-corrected chi connectivity index (χ1v) is 8.70. The van der Waals surface area contributed by atoms with Crippen molar-refractivity contribution in [3.8, 4) is 6.07 Å². The van der Waals surface area contributed by atoms with Crippen LogP contribution in [0, 0.1) is 11.3 Å². The molecule has 2 saturated heterocycles. The van der Waals surface area contributed by atoms with Crippen LogP contribution >= 0.6 is 0 Å². The molecule has 2 aliphatic rings. The van der Waals surface area contributed by atoms with Crippen LogP contribution in [0.2, 0.25) is 0 Å². The Hall–Kier alpha value is -1.41. The molecule has 0 saturated carbocycles. The largest absolute Gasteiger partial charge is 0.393 e. The lowest BCUT2D eigenvalue weighted by Gasteiger charge is -2.48. The lowest BCUT2D eigenvalue weighted by Crippen LogP contribution is -2.52. The van der Waals surface area contributed by atoms with E-state index in [4.69, 9.17) is 4.74 Å². The van der Waals surface area contributed by atoms with Gasteiger partial charge in [-0.05, 0) is 37.3 Å². The Balaban J connectivity index is 1.61. The Labute approximate surface area is 138 Å². The van der Waals surface area contributed by atoms with E-state index in [0.29, 0.717) is 0 Å². The lowest BCUT2D eigenvalue weighted by molar-refractivity contribution is -0.182. The van der Waals surface area contributed by atoms with E-state index >= 15 is 0 Å². The highest BCUT2D eigenvalue weighted by Gasteiger charge is 2.42. The van der Waals surface area contributed by atoms with Crippen LogP contribution in [0.1, 0.15) is 50.2 Å². The number of aliphatic hydroxyl groups excluding tert-OH is 1. The molecule has 1 spiro atoms. The zero-order valence-corrected chi connectivity index (χ0v) is 13.9. The monoisotopic (exact) mass is 314 g/mol. The molecule has 0 radical (unpaired) electrons. The maximum absolute atomic E-state index is 10.2. The number of likely N-dealkylation sites (tertiary alicyclic amines) is 1. The first-order valence-electron chi connectivity index (χ1n) is 8.70. The third-order valence-corrected chi connectivity index (χ3v) is 5.31. The average molecular weight is 314 g/mol. The first kappa shape index (κ1) is 16.4. The molecule has 0 aromatic heterocycles. The molecule has 4 nitrogen and oxygen atoms in total. The van der Waals surface area contributed by atoms with E-state index < -0.39 is 0 Å². The van der Waals surface area contributed by atoms with Crippen molar-refractivity contribution < 1.29 is 9.84 Å². The number of nitriles is 1. The third kappa shape index (κ3) is 3.74. The standard InChI is InChI=1S/C19H26N2O2/c1-2-18-11-17(22)12-19(23-18)7-9-21(10-8-19)14-16-6-4-3-5-15(16)13-20/h3-6,17-18,22H,2,7-12,14H2,1H3/t17-,18+/m1/s1. The number of benzene rings is 1. The summed E-state index contributed by atoms with van der Waals surface area (Å²) in [7, 11) is 0. The Morgan fingerprint density at radius 2 is 2.09 bits per heavy atom. The summed E-state index contributed by atoms with van der Waals surface area (Å²) in [6.07, 6.45) is 4.43. The van der Waals surface area contributed by atoms with Crippen LogP contribution in [-0.2, 0) is 11.3 Å². The highest BCUT2D eigenvalue weighted by atomic mass is 16.5. The fourth-order valence-corrected chi connectivity index (χ4v) is 3.96. The second kappa shape index (κ2) is 7.00. The van der Waals surface area contributed by atoms with Gasteiger partial charge in [0.25, 0.3) is 0 Å². The van der Waals surface area contributed by atoms with Crippen molar-refractivity contribution in [3.05, 3.63) is 35.4 Å². The normalized spacial score (nSPS) is 27.7. The van der Waals surface area contributed by atoms with Crippen LogP contribution in [0.4, 0.5) is 0 Å². The molecular weight excluding hydrogens is 288 g/mol. The van der Waals surface area contributed by atoms with Crippen LogP contribution in [-0.4, -0.2) is 40.9 Å². The van der Waals surface area contributed by atoms with Crippen molar-refractivity contribution in [2.75, 3.05) is 13.1 Å². The van der Waals surface area contributed by atoms with Gasteiger partial charge < -0.3 is 9.84 Å². The minimum atomic E-state index is -0.223. The number of rotatable bonds is 3. The molecule has 0 amide bonds. The number of nitrogens with zero attached hydrogens (tertiary/aromatic N) is 2. The summed E-state index contributed by atoms with van der Waals surface area (Å²) < 4.78 is 6.34. The van der Waals surface area contributed by atoms with Gasteiger partial charge in [0.05, 0.1) is 29.4 Å². The molecule has 4 heteroatoms. The molecule has 0 bridgehead atoms. The van der Waals surface area contributed by atoms with Crippen LogP contribution in [0.15, 0.2) is 24.3 Å². The first-order chi connectivity index (χ1) is 11.1. The van der Waals surface area contributed by atoms with Crippen molar-refractivity contribution in [2.24, 2.45) is 0 Å². The third-order valence-electron chi connectivity index (χ3n) is 5.31. The fraction of sp³-hybridized carbons (Fsp3) is 0.632. The number of aliphatic hydroxyl groups is 1. The van der Waals surface area contributed by atoms with Gasteiger partial charge in [0.1, 0.15) is 0 Å². The smallest absolute Gasteiger partial charge is 0.0995 e. The van der Waals surface area contributed by atoms with E-state index in [1.807, 2.05) is 24.3 Å². The zero-order valence-electron chi connectivity index (χ0n) is 13.9. The van der Waals surface area contributed by atoms with E-state index in [-0.39, 0.29) is 17.8 Å². The van der Waals surface area contributed by atoms with Gasteiger partial charge in [-0.15, -0.1) is 0 Å². The maximum Gasteiger partial charge on any atom is 0.0995 e. The van der Waals surface area contributed by atoms with Gasteiger partial charge in [-0.1, -0.05) is 25.1 Å². The molecule has 2 heterocycles. The molecule has 0 unspecified atom stereocenters. The van der Waals surface area contributed by atoms with E-state index in [2.05, 4.69) is 17.9 Å². The molecule has 1 N–H and O–H groups in total. The van der Waals surface area contributed by atoms with Crippen molar-refractivity contribution in [2.45, 2.75) is 63.4 Å². The summed E-state index contributed by atoms with van der Waals surface area (Å²) in [6, 6.07) is 10.1. The summed E-state index contributed by atoms with van der Waals surface area (Å²) in [5, 5.41) is 19.4. The Kier molecular flexibility index (Phi) is 5.01. The number of hydrogen-bond acceptors (Lipinski definition) is 4. The predicted octanol–water partition coefficient (Wildman–Crippen LogP) is 2.84. The van der Waals surface area contributed by atoms with Gasteiger partial charge in [0, 0.05) is 26.1 Å². The van der Waals surface area contributed by atoms with Crippen molar-refractivity contribution in [1.82, 2.24) is 4.90 Å². The van der Waals surface area contributed by atoms with Crippen molar-refractivity contribution in [3.63, 3.8) is 0 Å². The second-order valence-corrected chi connectivity index (χ2v) is 6.97. The number of piperidine rings is 1. The van der Waals surface area contributed by atoms with Gasteiger partial charge in [-0.25, -0.2) is 0 Å². The van der Waals surface area contributed by atoms with Gasteiger partial charge in [-0.2, -0.15) is 5.26 Å². The molecule has 2 aliphatic heterocycles.